The first-order chi connectivity index (χ1) is 25.9. The van der Waals surface area contributed by atoms with Crippen LogP contribution in [0.2, 0.25) is 0 Å². The van der Waals surface area contributed by atoms with Crippen LogP contribution in [-0.2, 0) is 9.47 Å². The molecule has 0 saturated carbocycles. The zero-order valence-corrected chi connectivity index (χ0v) is 32.2. The van der Waals surface area contributed by atoms with Crippen molar-refractivity contribution in [3.63, 3.8) is 0 Å². The van der Waals surface area contributed by atoms with E-state index in [4.69, 9.17) is 14.7 Å². The Bertz CT molecular complexity index is 2010. The first-order valence-electron chi connectivity index (χ1n) is 18.2. The minimum absolute atomic E-state index is 0.0712. The van der Waals surface area contributed by atoms with Crippen molar-refractivity contribution in [2.24, 2.45) is 5.92 Å². The number of rotatable bonds is 11. The van der Waals surface area contributed by atoms with Crippen LogP contribution in [0.5, 0.6) is 0 Å². The molecule has 5 aromatic rings. The number of aromatic amines is 1. The molecule has 13 heteroatoms. The second-order valence-electron chi connectivity index (χ2n) is 13.1. The van der Waals surface area contributed by atoms with Crippen molar-refractivity contribution in [1.82, 2.24) is 34.7 Å². The fraction of sp³-hybridized carbons (Fsp3) is 0.390. The Kier molecular flexibility index (Phi) is 14.9. The van der Waals surface area contributed by atoms with Gasteiger partial charge in [-0.3, -0.25) is 19.3 Å². The normalized spacial score (nSPS) is 14.4. The zero-order valence-electron chi connectivity index (χ0n) is 32.2. The number of H-pyrrole nitrogens is 1. The molecule has 3 aromatic heterocycles. The smallest absolute Gasteiger partial charge is 0.358 e. The Hall–Kier alpha value is -6.03. The summed E-state index contributed by atoms with van der Waals surface area (Å²) in [5.74, 6) is -0.419. The van der Waals surface area contributed by atoms with Crippen LogP contribution in [-0.4, -0.2) is 78.7 Å². The Morgan fingerprint density at radius 1 is 0.796 bits per heavy atom. The Morgan fingerprint density at radius 2 is 1.30 bits per heavy atom. The first-order valence-corrected chi connectivity index (χ1v) is 18.2. The summed E-state index contributed by atoms with van der Waals surface area (Å²) >= 11 is 0. The molecule has 3 atom stereocenters. The summed E-state index contributed by atoms with van der Waals surface area (Å²) in [6.45, 7) is 15.6. The summed E-state index contributed by atoms with van der Waals surface area (Å²) in [4.78, 5) is 36.9. The van der Waals surface area contributed by atoms with Gasteiger partial charge in [-0.15, -0.1) is 0 Å². The number of benzene rings is 2. The van der Waals surface area contributed by atoms with E-state index in [-0.39, 0.29) is 35.7 Å². The average Bonchev–Trinajstić information content (AvgIpc) is 4.00. The van der Waals surface area contributed by atoms with Crippen molar-refractivity contribution in [2.75, 3.05) is 26.3 Å². The highest BCUT2D eigenvalue weighted by Crippen LogP contribution is 2.24. The van der Waals surface area contributed by atoms with Crippen molar-refractivity contribution in [3.8, 4) is 6.19 Å². The molecule has 0 aliphatic carbocycles. The van der Waals surface area contributed by atoms with Gasteiger partial charge in [-0.1, -0.05) is 60.7 Å². The highest BCUT2D eigenvalue weighted by atomic mass is 16.5. The predicted octanol–water partition coefficient (Wildman–Crippen LogP) is 7.05. The standard InChI is InChI=1S/C19H22N4O.C15H18N2O2.C7H10N2O2/c1-14-10-18(19(24)11-16-8-9-22(12-16)13-20)21-23(14)15(2)17-6-4-3-5-7-17;1-4-19-15(18)14-10-11(2)17(16-14)12(3)13-8-6-5-7-9-13;1-3-11-7(10)6-4-5(2)8-9-6/h3-7,10,15-16H,8-9,11-12H2,1-2H3;5-10,12H,4H2,1-3H3;4H,3H2,1-2H3,(H,8,9)/t15?,16-;;/m0../s1. The van der Waals surface area contributed by atoms with Crippen molar-refractivity contribution >= 4 is 17.7 Å². The van der Waals surface area contributed by atoms with Crippen LogP contribution in [0, 0.1) is 38.1 Å². The van der Waals surface area contributed by atoms with E-state index < -0.39 is 0 Å². The van der Waals surface area contributed by atoms with E-state index in [1.165, 1.54) is 5.56 Å². The number of ether oxygens (including phenoxy) is 2. The fourth-order valence-electron chi connectivity index (χ4n) is 6.13. The van der Waals surface area contributed by atoms with Gasteiger partial charge in [0.05, 0.1) is 25.3 Å². The highest BCUT2D eigenvalue weighted by molar-refractivity contribution is 5.94. The number of nitrogens with one attached hydrogen (secondary N) is 1. The first kappa shape index (κ1) is 40.7. The fourth-order valence-corrected chi connectivity index (χ4v) is 6.13. The molecule has 6 rings (SSSR count). The van der Waals surface area contributed by atoms with E-state index in [9.17, 15) is 14.4 Å². The molecule has 1 N–H and O–H groups in total. The minimum Gasteiger partial charge on any atom is -0.461 e. The van der Waals surface area contributed by atoms with Crippen molar-refractivity contribution in [2.45, 2.75) is 73.4 Å². The molecule has 2 aromatic carbocycles. The lowest BCUT2D eigenvalue weighted by Gasteiger charge is -2.14. The molecular weight excluding hydrogens is 685 g/mol. The van der Waals surface area contributed by atoms with Gasteiger partial charge in [-0.2, -0.15) is 20.6 Å². The molecule has 1 fully saturated rings. The quantitative estimate of drug-likeness (QED) is 0.0846. The number of Topliss-reactive ketones (excluding diaryl/α,β-unsaturated/α-hetero) is 1. The molecule has 0 amide bonds. The number of carbonyl (C=O) groups excluding carboxylic acids is 3. The number of aryl methyl sites for hydroxylation is 3. The molecule has 284 valence electrons. The highest BCUT2D eigenvalue weighted by Gasteiger charge is 2.26. The van der Waals surface area contributed by atoms with E-state index in [1.807, 2.05) is 72.6 Å². The molecule has 13 nitrogen and oxygen atoms in total. The molecule has 1 aliphatic heterocycles. The SMILES string of the molecule is CCOC(=O)c1cc(C)[nH]n1.CCOC(=O)c1cc(C)n(C(C)c2ccccc2)n1.Cc1cc(C(=O)C[C@@H]2CCN(C#N)C2)nn1C(C)c1ccccc1. The number of likely N-dealkylation sites (tertiary alicyclic amines) is 1. The van der Waals surface area contributed by atoms with Crippen LogP contribution in [0.3, 0.4) is 0 Å². The second kappa shape index (κ2) is 19.7. The molecule has 1 aliphatic rings. The lowest BCUT2D eigenvalue weighted by molar-refractivity contribution is 0.0509. The maximum absolute atomic E-state index is 12.5. The van der Waals surface area contributed by atoms with Gasteiger partial charge in [-0.05, 0) is 90.1 Å². The van der Waals surface area contributed by atoms with Crippen LogP contribution in [0.4, 0.5) is 0 Å². The molecule has 54 heavy (non-hydrogen) atoms. The molecule has 0 bridgehead atoms. The van der Waals surface area contributed by atoms with E-state index >= 15 is 0 Å². The van der Waals surface area contributed by atoms with Crippen molar-refractivity contribution < 1.29 is 23.9 Å². The summed E-state index contributed by atoms with van der Waals surface area (Å²) in [7, 11) is 0. The van der Waals surface area contributed by atoms with Crippen molar-refractivity contribution in [1.29, 1.82) is 5.26 Å². The van der Waals surface area contributed by atoms with E-state index in [1.54, 1.807) is 30.9 Å². The van der Waals surface area contributed by atoms with Crippen LogP contribution in [0.25, 0.3) is 0 Å². The summed E-state index contributed by atoms with van der Waals surface area (Å²) in [6.07, 6.45) is 3.52. The summed E-state index contributed by atoms with van der Waals surface area (Å²) < 4.78 is 13.5. The van der Waals surface area contributed by atoms with Gasteiger partial charge in [-0.25, -0.2) is 9.59 Å². The number of carbonyl (C=O) groups is 3. The molecular formula is C41H50N8O5. The number of nitrogens with zero attached hydrogens (tertiary/aromatic N) is 7. The van der Waals surface area contributed by atoms with Gasteiger partial charge in [0.2, 0.25) is 0 Å². The molecule has 0 radical (unpaired) electrons. The van der Waals surface area contributed by atoms with Gasteiger partial charge < -0.3 is 14.4 Å². The Morgan fingerprint density at radius 3 is 1.76 bits per heavy atom. The van der Waals surface area contributed by atoms with Crippen molar-refractivity contribution in [3.05, 3.63) is 124 Å². The number of esters is 2. The van der Waals surface area contributed by atoms with Gasteiger partial charge in [0.1, 0.15) is 5.69 Å². The van der Waals surface area contributed by atoms with Gasteiger partial charge in [0, 0.05) is 36.6 Å². The third kappa shape index (κ3) is 11.0. The van der Waals surface area contributed by atoms with Crippen LogP contribution >= 0.6 is 0 Å². The molecule has 4 heterocycles. The van der Waals surface area contributed by atoms with Gasteiger partial charge in [0.25, 0.3) is 0 Å². The van der Waals surface area contributed by atoms with Gasteiger partial charge in [0.15, 0.2) is 23.4 Å². The summed E-state index contributed by atoms with van der Waals surface area (Å²) in [5.41, 5.74) is 6.34. The summed E-state index contributed by atoms with van der Waals surface area (Å²) in [5, 5.41) is 24.2. The lowest BCUT2D eigenvalue weighted by Crippen LogP contribution is -2.16. The van der Waals surface area contributed by atoms with E-state index in [2.05, 4.69) is 64.7 Å². The minimum atomic E-state index is -0.378. The third-order valence-corrected chi connectivity index (χ3v) is 9.00. The van der Waals surface area contributed by atoms with E-state index in [0.29, 0.717) is 43.3 Å². The third-order valence-electron chi connectivity index (χ3n) is 9.00. The number of aromatic nitrogens is 6. The predicted molar refractivity (Wildman–Crippen MR) is 204 cm³/mol. The van der Waals surface area contributed by atoms with Crippen LogP contribution in [0.1, 0.15) is 112 Å². The number of nitriles is 1. The van der Waals surface area contributed by atoms with Gasteiger partial charge >= 0.3 is 11.9 Å². The number of hydrogen-bond donors (Lipinski definition) is 1. The monoisotopic (exact) mass is 734 g/mol. The Labute approximate surface area is 316 Å². The topological polar surface area (TPSA) is 161 Å². The lowest BCUT2D eigenvalue weighted by atomic mass is 10.0. The molecule has 2 unspecified atom stereocenters. The number of hydrogen-bond acceptors (Lipinski definition) is 10. The summed E-state index contributed by atoms with van der Waals surface area (Å²) in [6, 6.07) is 25.7. The van der Waals surface area contributed by atoms with E-state index in [0.717, 1.165) is 35.6 Å². The maximum Gasteiger partial charge on any atom is 0.358 e. The maximum atomic E-state index is 12.5. The molecule has 0 spiro atoms. The number of ketones is 1. The second-order valence-corrected chi connectivity index (χ2v) is 13.1. The largest absolute Gasteiger partial charge is 0.461 e. The van der Waals surface area contributed by atoms with Crippen LogP contribution in [0.15, 0.2) is 78.9 Å². The van der Waals surface area contributed by atoms with Crippen LogP contribution < -0.4 is 0 Å². The zero-order chi connectivity index (χ0) is 39.2. The molecule has 1 saturated heterocycles. The Balaban J connectivity index is 0.000000193. The average molecular weight is 735 g/mol.